The molecule has 0 fully saturated rings. The molecule has 1 aromatic heterocycles. The molecular weight excluding hydrogens is 287 g/mol. The minimum Gasteiger partial charge on any atom is -0.397 e. The molecule has 1 heterocycles. The number of hydrogen-bond acceptors (Lipinski definition) is 3. The minimum absolute atomic E-state index is 0.732. The molecule has 5 heteroatoms. The van der Waals surface area contributed by atoms with Crippen molar-refractivity contribution in [3.05, 3.63) is 44.1 Å². The van der Waals surface area contributed by atoms with Crippen molar-refractivity contribution in [2.24, 2.45) is 0 Å². The van der Waals surface area contributed by atoms with E-state index >= 15 is 0 Å². The maximum Gasteiger partial charge on any atom is 0.0931 e. The first-order valence-corrected chi connectivity index (χ1v) is 7.06. The molecule has 0 aliphatic heterocycles. The molecule has 0 unspecified atom stereocenters. The molecule has 0 atom stereocenters. The van der Waals surface area contributed by atoms with Gasteiger partial charge in [-0.15, -0.1) is 11.3 Å². The van der Waals surface area contributed by atoms with Crippen LogP contribution in [0.3, 0.4) is 0 Å². The quantitative estimate of drug-likeness (QED) is 0.841. The largest absolute Gasteiger partial charge is 0.397 e. The Balaban J connectivity index is 2.28. The molecule has 0 amide bonds. The van der Waals surface area contributed by atoms with Gasteiger partial charge in [0, 0.05) is 16.9 Å². The monoisotopic (exact) mass is 300 g/mol. The highest BCUT2D eigenvalue weighted by Crippen LogP contribution is 2.33. The number of nitrogens with two attached hydrogens (primary N) is 1. The molecule has 0 saturated carbocycles. The number of rotatable bonds is 3. The van der Waals surface area contributed by atoms with E-state index < -0.39 is 0 Å². The van der Waals surface area contributed by atoms with Gasteiger partial charge in [-0.25, -0.2) is 0 Å². The van der Waals surface area contributed by atoms with Gasteiger partial charge in [-0.3, -0.25) is 0 Å². The summed E-state index contributed by atoms with van der Waals surface area (Å²) in [6, 6.07) is 7.59. The Morgan fingerprint density at radius 2 is 1.94 bits per heavy atom. The molecule has 0 aliphatic rings. The summed E-state index contributed by atoms with van der Waals surface area (Å²) in [5.74, 6) is 0. The third-order valence-electron chi connectivity index (χ3n) is 2.80. The molecule has 2 aromatic rings. The zero-order chi connectivity index (χ0) is 13.3. The van der Waals surface area contributed by atoms with Crippen molar-refractivity contribution in [1.82, 2.24) is 0 Å². The van der Waals surface area contributed by atoms with E-state index in [2.05, 4.69) is 4.90 Å². The van der Waals surface area contributed by atoms with Gasteiger partial charge in [0.1, 0.15) is 0 Å². The number of anilines is 2. The summed E-state index contributed by atoms with van der Waals surface area (Å²) >= 11 is 13.6. The molecule has 1 aromatic carbocycles. The predicted octanol–water partition coefficient (Wildman–Crippen LogP) is 4.58. The van der Waals surface area contributed by atoms with Crippen molar-refractivity contribution < 1.29 is 0 Å². The fourth-order valence-electron chi connectivity index (χ4n) is 1.95. The van der Waals surface area contributed by atoms with Gasteiger partial charge in [0.25, 0.3) is 0 Å². The lowest BCUT2D eigenvalue weighted by molar-refractivity contribution is 0.936. The van der Waals surface area contributed by atoms with Crippen molar-refractivity contribution in [1.29, 1.82) is 0 Å². The van der Waals surface area contributed by atoms with Gasteiger partial charge in [-0.1, -0.05) is 23.2 Å². The first-order valence-electron chi connectivity index (χ1n) is 5.49. The molecule has 2 nitrogen and oxygen atoms in total. The summed E-state index contributed by atoms with van der Waals surface area (Å²) < 4.78 is 0.800. The lowest BCUT2D eigenvalue weighted by atomic mass is 10.1. The van der Waals surface area contributed by atoms with Crippen LogP contribution in [0.5, 0.6) is 0 Å². The topological polar surface area (TPSA) is 29.3 Å². The molecule has 18 heavy (non-hydrogen) atoms. The van der Waals surface area contributed by atoms with Crippen LogP contribution in [-0.2, 0) is 6.54 Å². The van der Waals surface area contributed by atoms with E-state index in [1.807, 2.05) is 38.2 Å². The van der Waals surface area contributed by atoms with E-state index in [4.69, 9.17) is 28.9 Å². The Morgan fingerprint density at radius 1 is 1.22 bits per heavy atom. The molecule has 2 N–H and O–H groups in total. The van der Waals surface area contributed by atoms with Crippen LogP contribution in [0.2, 0.25) is 9.36 Å². The molecule has 0 saturated heterocycles. The minimum atomic E-state index is 0.732. The number of nitrogen functional groups attached to an aromatic ring is 1. The lowest BCUT2D eigenvalue weighted by Crippen LogP contribution is -2.18. The Morgan fingerprint density at radius 3 is 2.56 bits per heavy atom. The van der Waals surface area contributed by atoms with Gasteiger partial charge in [0.05, 0.1) is 22.3 Å². The van der Waals surface area contributed by atoms with Gasteiger partial charge in [-0.05, 0) is 36.8 Å². The van der Waals surface area contributed by atoms with Crippen molar-refractivity contribution in [3.63, 3.8) is 0 Å². The van der Waals surface area contributed by atoms with Crippen LogP contribution in [0.4, 0.5) is 11.4 Å². The average molecular weight is 301 g/mol. The molecule has 0 radical (unpaired) electrons. The van der Waals surface area contributed by atoms with E-state index in [0.29, 0.717) is 0 Å². The highest BCUT2D eigenvalue weighted by atomic mass is 35.5. The fraction of sp³-hybridized carbons (Fsp3) is 0.231. The fourth-order valence-corrected chi connectivity index (χ4v) is 3.25. The third-order valence-corrected chi connectivity index (χ3v) is 4.43. The van der Waals surface area contributed by atoms with Gasteiger partial charge in [0.15, 0.2) is 0 Å². The first-order chi connectivity index (χ1) is 8.49. The summed E-state index contributed by atoms with van der Waals surface area (Å²) in [6.07, 6.45) is 0. The summed E-state index contributed by atoms with van der Waals surface area (Å²) in [7, 11) is 2.00. The number of halogens is 2. The standard InChI is InChI=1S/C13H14Cl2N2S/c1-8-10(14)4-5-11(16)13(8)17(2)7-9-3-6-12(15)18-9/h3-6H,7,16H2,1-2H3. The highest BCUT2D eigenvalue weighted by molar-refractivity contribution is 7.16. The van der Waals surface area contributed by atoms with Gasteiger partial charge in [-0.2, -0.15) is 0 Å². The van der Waals surface area contributed by atoms with E-state index in [1.54, 1.807) is 11.3 Å². The number of benzene rings is 1. The maximum atomic E-state index is 6.14. The van der Waals surface area contributed by atoms with Crippen LogP contribution in [0.25, 0.3) is 0 Å². The Hall–Kier alpha value is -0.900. The molecular formula is C13H14Cl2N2S. The normalized spacial score (nSPS) is 10.7. The van der Waals surface area contributed by atoms with Crippen molar-refractivity contribution >= 4 is 45.9 Å². The summed E-state index contributed by atoms with van der Waals surface area (Å²) in [5, 5.41) is 0.732. The maximum absolute atomic E-state index is 6.14. The second-order valence-corrected chi connectivity index (χ2v) is 6.38. The Bertz CT molecular complexity index is 566. The second-order valence-electron chi connectivity index (χ2n) is 4.17. The van der Waals surface area contributed by atoms with Crippen molar-refractivity contribution in [3.8, 4) is 0 Å². The van der Waals surface area contributed by atoms with Crippen molar-refractivity contribution in [2.75, 3.05) is 17.7 Å². The molecule has 96 valence electrons. The second kappa shape index (κ2) is 5.39. The van der Waals surface area contributed by atoms with Crippen LogP contribution in [0, 0.1) is 6.92 Å². The smallest absolute Gasteiger partial charge is 0.0931 e. The number of nitrogens with zero attached hydrogens (tertiary/aromatic N) is 1. The first kappa shape index (κ1) is 13.5. The van der Waals surface area contributed by atoms with Gasteiger partial charge in [0.2, 0.25) is 0 Å². The Labute approximate surface area is 121 Å². The number of thiophene rings is 1. The predicted molar refractivity (Wildman–Crippen MR) is 82.0 cm³/mol. The van der Waals surface area contributed by atoms with Gasteiger partial charge >= 0.3 is 0 Å². The van der Waals surface area contributed by atoms with Crippen LogP contribution in [-0.4, -0.2) is 7.05 Å². The SMILES string of the molecule is Cc1c(Cl)ccc(N)c1N(C)Cc1ccc(Cl)s1. The van der Waals surface area contributed by atoms with Crippen LogP contribution in [0.1, 0.15) is 10.4 Å². The number of hydrogen-bond donors (Lipinski definition) is 1. The molecule has 0 bridgehead atoms. The summed E-state index contributed by atoms with van der Waals surface area (Å²) in [5.41, 5.74) is 8.75. The summed E-state index contributed by atoms with van der Waals surface area (Å²) in [4.78, 5) is 3.29. The molecule has 0 spiro atoms. The van der Waals surface area contributed by atoms with Crippen LogP contribution < -0.4 is 10.6 Å². The third kappa shape index (κ3) is 2.74. The molecule has 0 aliphatic carbocycles. The summed E-state index contributed by atoms with van der Waals surface area (Å²) in [6.45, 7) is 2.74. The van der Waals surface area contributed by atoms with Crippen molar-refractivity contribution in [2.45, 2.75) is 13.5 Å². The van der Waals surface area contributed by atoms with E-state index in [1.165, 1.54) is 4.88 Å². The van der Waals surface area contributed by atoms with E-state index in [9.17, 15) is 0 Å². The van der Waals surface area contributed by atoms with Crippen LogP contribution in [0.15, 0.2) is 24.3 Å². The zero-order valence-corrected chi connectivity index (χ0v) is 12.5. The Kier molecular flexibility index (Phi) is 4.05. The average Bonchev–Trinajstić information content (AvgIpc) is 2.70. The lowest BCUT2D eigenvalue weighted by Gasteiger charge is -2.23. The van der Waals surface area contributed by atoms with E-state index in [-0.39, 0.29) is 0 Å². The highest BCUT2D eigenvalue weighted by Gasteiger charge is 2.12. The van der Waals surface area contributed by atoms with Gasteiger partial charge < -0.3 is 10.6 Å². The van der Waals surface area contributed by atoms with Crippen LogP contribution >= 0.6 is 34.5 Å². The zero-order valence-electron chi connectivity index (χ0n) is 10.2. The molecule has 2 rings (SSSR count). The van der Waals surface area contributed by atoms with E-state index in [0.717, 1.165) is 32.8 Å².